The minimum atomic E-state index is -3.70. The van der Waals surface area contributed by atoms with E-state index in [0.717, 1.165) is 5.56 Å². The number of amides is 1. The monoisotopic (exact) mass is 480 g/mol. The standard InChI is InChI=1S/C26H28N2O5S/c1-26(2,3)21-13-15-22(16-14-21)34(31,32)28-17-18-9-11-20(12-10-18)25(30)33-23(24(27)29)19-7-5-4-6-8-19/h4-16,23,28H,17H2,1-3H3,(H2,27,29). The highest BCUT2D eigenvalue weighted by Crippen LogP contribution is 2.23. The van der Waals surface area contributed by atoms with Gasteiger partial charge in [0.15, 0.2) is 0 Å². The quantitative estimate of drug-likeness (QED) is 0.475. The molecule has 34 heavy (non-hydrogen) atoms. The Hall–Kier alpha value is -3.49. The van der Waals surface area contributed by atoms with Crippen LogP contribution in [0.25, 0.3) is 0 Å². The Morgan fingerprint density at radius 3 is 2.03 bits per heavy atom. The Morgan fingerprint density at radius 2 is 1.50 bits per heavy atom. The minimum Gasteiger partial charge on any atom is -0.444 e. The Bertz CT molecular complexity index is 1250. The van der Waals surface area contributed by atoms with Gasteiger partial charge in [-0.1, -0.05) is 75.4 Å². The van der Waals surface area contributed by atoms with Crippen LogP contribution in [0, 0.1) is 0 Å². The molecule has 0 aromatic heterocycles. The molecular weight excluding hydrogens is 452 g/mol. The molecule has 8 heteroatoms. The van der Waals surface area contributed by atoms with E-state index in [2.05, 4.69) is 25.5 Å². The maximum atomic E-state index is 12.6. The first-order chi connectivity index (χ1) is 16.0. The van der Waals surface area contributed by atoms with E-state index in [4.69, 9.17) is 10.5 Å². The molecule has 0 spiro atoms. The van der Waals surface area contributed by atoms with E-state index in [1.807, 2.05) is 12.1 Å². The lowest BCUT2D eigenvalue weighted by Gasteiger charge is -2.19. The molecule has 7 nitrogen and oxygen atoms in total. The van der Waals surface area contributed by atoms with Gasteiger partial charge in [-0.2, -0.15) is 0 Å². The molecule has 3 rings (SSSR count). The van der Waals surface area contributed by atoms with Crippen molar-refractivity contribution in [3.63, 3.8) is 0 Å². The van der Waals surface area contributed by atoms with Gasteiger partial charge in [0.2, 0.25) is 16.1 Å². The fraction of sp³-hybridized carbons (Fsp3) is 0.231. The molecular formula is C26H28N2O5S. The predicted molar refractivity (Wildman–Crippen MR) is 129 cm³/mol. The van der Waals surface area contributed by atoms with E-state index in [1.165, 1.54) is 12.1 Å². The number of rotatable bonds is 8. The number of nitrogens with one attached hydrogen (secondary N) is 1. The SMILES string of the molecule is CC(C)(C)c1ccc(S(=O)(=O)NCc2ccc(C(=O)OC(C(N)=O)c3ccccc3)cc2)cc1. The summed E-state index contributed by atoms with van der Waals surface area (Å²) in [6.07, 6.45) is -1.20. The molecule has 0 bridgehead atoms. The van der Waals surface area contributed by atoms with E-state index >= 15 is 0 Å². The van der Waals surface area contributed by atoms with Crippen LogP contribution in [0.2, 0.25) is 0 Å². The van der Waals surface area contributed by atoms with Crippen LogP contribution in [0.1, 0.15) is 53.9 Å². The van der Waals surface area contributed by atoms with Crippen molar-refractivity contribution in [2.45, 2.75) is 43.7 Å². The Kier molecular flexibility index (Phi) is 7.54. The van der Waals surface area contributed by atoms with Crippen LogP contribution in [0.3, 0.4) is 0 Å². The van der Waals surface area contributed by atoms with Gasteiger partial charge in [-0.15, -0.1) is 0 Å². The van der Waals surface area contributed by atoms with E-state index in [9.17, 15) is 18.0 Å². The number of primary amides is 1. The summed E-state index contributed by atoms with van der Waals surface area (Å²) in [5, 5.41) is 0. The number of carbonyl (C=O) groups is 2. The molecule has 0 aliphatic carbocycles. The molecule has 0 saturated heterocycles. The van der Waals surface area contributed by atoms with Crippen LogP contribution >= 0.6 is 0 Å². The van der Waals surface area contributed by atoms with E-state index in [1.54, 1.807) is 54.6 Å². The van der Waals surface area contributed by atoms with Crippen LogP contribution in [0.4, 0.5) is 0 Å². The zero-order chi connectivity index (χ0) is 24.9. The Labute approximate surface area is 200 Å². The van der Waals surface area contributed by atoms with Gasteiger partial charge < -0.3 is 10.5 Å². The molecule has 1 unspecified atom stereocenters. The van der Waals surface area contributed by atoms with Gasteiger partial charge in [-0.05, 0) is 40.8 Å². The van der Waals surface area contributed by atoms with Crippen LogP contribution in [-0.2, 0) is 31.5 Å². The molecule has 0 aliphatic rings. The third kappa shape index (κ3) is 6.30. The minimum absolute atomic E-state index is 0.0482. The Balaban J connectivity index is 1.64. The molecule has 0 fully saturated rings. The number of carbonyl (C=O) groups excluding carboxylic acids is 2. The van der Waals surface area contributed by atoms with Gasteiger partial charge in [-0.25, -0.2) is 17.9 Å². The summed E-state index contributed by atoms with van der Waals surface area (Å²) in [4.78, 5) is 24.4. The first-order valence-electron chi connectivity index (χ1n) is 10.7. The summed E-state index contributed by atoms with van der Waals surface area (Å²) in [6, 6.07) is 21.5. The predicted octanol–water partition coefficient (Wildman–Crippen LogP) is 3.85. The second kappa shape index (κ2) is 10.2. The molecule has 3 N–H and O–H groups in total. The molecule has 1 amide bonds. The number of hydrogen-bond donors (Lipinski definition) is 2. The van der Waals surface area contributed by atoms with Crippen LogP contribution in [0.5, 0.6) is 0 Å². The topological polar surface area (TPSA) is 116 Å². The van der Waals surface area contributed by atoms with Gasteiger partial charge in [0, 0.05) is 12.1 Å². The van der Waals surface area contributed by atoms with Crippen LogP contribution in [-0.4, -0.2) is 20.3 Å². The van der Waals surface area contributed by atoms with Crippen molar-refractivity contribution in [3.05, 3.63) is 101 Å². The first-order valence-corrected chi connectivity index (χ1v) is 12.2. The number of benzene rings is 3. The van der Waals surface area contributed by atoms with Crippen LogP contribution < -0.4 is 10.5 Å². The third-order valence-corrected chi connectivity index (χ3v) is 6.69. The summed E-state index contributed by atoms with van der Waals surface area (Å²) in [5.41, 5.74) is 7.71. The smallest absolute Gasteiger partial charge is 0.339 e. The lowest BCUT2D eigenvalue weighted by molar-refractivity contribution is -0.127. The Morgan fingerprint density at radius 1 is 0.912 bits per heavy atom. The maximum Gasteiger partial charge on any atom is 0.339 e. The molecule has 0 saturated carbocycles. The fourth-order valence-electron chi connectivity index (χ4n) is 3.25. The van der Waals surface area contributed by atoms with Crippen molar-refractivity contribution in [2.75, 3.05) is 0 Å². The van der Waals surface area contributed by atoms with Gasteiger partial charge in [0.25, 0.3) is 5.91 Å². The van der Waals surface area contributed by atoms with Crippen molar-refractivity contribution in [3.8, 4) is 0 Å². The average Bonchev–Trinajstić information content (AvgIpc) is 2.81. The van der Waals surface area contributed by atoms with E-state index in [-0.39, 0.29) is 22.4 Å². The normalized spacial score (nSPS) is 12.7. The zero-order valence-electron chi connectivity index (χ0n) is 19.3. The summed E-state index contributed by atoms with van der Waals surface area (Å²) in [6.45, 7) is 6.23. The first kappa shape index (κ1) is 25.1. The van der Waals surface area contributed by atoms with Gasteiger partial charge >= 0.3 is 5.97 Å². The largest absolute Gasteiger partial charge is 0.444 e. The van der Waals surface area contributed by atoms with Gasteiger partial charge in [0.1, 0.15) is 0 Å². The lowest BCUT2D eigenvalue weighted by Crippen LogP contribution is -2.26. The summed E-state index contributed by atoms with van der Waals surface area (Å²) in [5.74, 6) is -1.49. The number of nitrogens with two attached hydrogens (primary N) is 1. The molecule has 178 valence electrons. The summed E-state index contributed by atoms with van der Waals surface area (Å²) in [7, 11) is -3.70. The highest BCUT2D eigenvalue weighted by atomic mass is 32.2. The highest BCUT2D eigenvalue weighted by molar-refractivity contribution is 7.89. The molecule has 0 aliphatic heterocycles. The number of sulfonamides is 1. The van der Waals surface area contributed by atoms with Crippen molar-refractivity contribution in [2.24, 2.45) is 5.73 Å². The number of esters is 1. The second-order valence-corrected chi connectivity index (χ2v) is 10.7. The molecule has 3 aromatic rings. The van der Waals surface area contributed by atoms with Crippen LogP contribution in [0.15, 0.2) is 83.8 Å². The van der Waals surface area contributed by atoms with E-state index in [0.29, 0.717) is 11.1 Å². The summed E-state index contributed by atoms with van der Waals surface area (Å²) >= 11 is 0. The van der Waals surface area contributed by atoms with Gasteiger partial charge in [0.05, 0.1) is 10.5 Å². The molecule has 0 radical (unpaired) electrons. The molecule has 0 heterocycles. The van der Waals surface area contributed by atoms with Crippen molar-refractivity contribution in [1.82, 2.24) is 4.72 Å². The van der Waals surface area contributed by atoms with Crippen molar-refractivity contribution < 1.29 is 22.7 Å². The number of hydrogen-bond acceptors (Lipinski definition) is 5. The fourth-order valence-corrected chi connectivity index (χ4v) is 4.27. The van der Waals surface area contributed by atoms with Crippen molar-refractivity contribution in [1.29, 1.82) is 0 Å². The number of ether oxygens (including phenoxy) is 1. The molecule has 3 aromatic carbocycles. The highest BCUT2D eigenvalue weighted by Gasteiger charge is 2.23. The van der Waals surface area contributed by atoms with Crippen molar-refractivity contribution >= 4 is 21.9 Å². The van der Waals surface area contributed by atoms with E-state index < -0.39 is 28.0 Å². The van der Waals surface area contributed by atoms with Gasteiger partial charge in [-0.3, -0.25) is 4.79 Å². The second-order valence-electron chi connectivity index (χ2n) is 8.89. The molecule has 1 atom stereocenters. The zero-order valence-corrected chi connectivity index (χ0v) is 20.1. The lowest BCUT2D eigenvalue weighted by atomic mass is 9.87. The third-order valence-electron chi connectivity index (χ3n) is 5.27. The summed E-state index contributed by atoms with van der Waals surface area (Å²) < 4.78 is 33.1. The average molecular weight is 481 g/mol. The maximum absolute atomic E-state index is 12.6.